The molecule has 0 aromatic rings. The third-order valence-electron chi connectivity index (χ3n) is 9.53. The van der Waals surface area contributed by atoms with Crippen molar-refractivity contribution >= 4 is 17.9 Å². The summed E-state index contributed by atoms with van der Waals surface area (Å²) in [5, 5.41) is 0. The van der Waals surface area contributed by atoms with Gasteiger partial charge in [-0.05, 0) is 103 Å². The van der Waals surface area contributed by atoms with Crippen molar-refractivity contribution in [3.8, 4) is 0 Å². The predicted octanol–water partition coefficient (Wildman–Crippen LogP) is 15.6. The molecule has 0 heterocycles. The van der Waals surface area contributed by atoms with Crippen LogP contribution in [0.2, 0.25) is 0 Å². The summed E-state index contributed by atoms with van der Waals surface area (Å²) in [6, 6.07) is 0. The fraction of sp³-hybridized carbons (Fsp3) is 0.611. The van der Waals surface area contributed by atoms with E-state index in [1.165, 1.54) is 44.9 Å². The Labute approximate surface area is 368 Å². The lowest BCUT2D eigenvalue weighted by Crippen LogP contribution is -2.30. The zero-order valence-electron chi connectivity index (χ0n) is 38.4. The molecule has 0 saturated carbocycles. The quantitative estimate of drug-likeness (QED) is 0.0264. The highest BCUT2D eigenvalue weighted by Gasteiger charge is 2.19. The van der Waals surface area contributed by atoms with Crippen molar-refractivity contribution in [1.29, 1.82) is 0 Å². The average Bonchev–Trinajstić information content (AvgIpc) is 3.24. The zero-order valence-corrected chi connectivity index (χ0v) is 38.4. The molecule has 0 bridgehead atoms. The Morgan fingerprint density at radius 2 is 0.717 bits per heavy atom. The van der Waals surface area contributed by atoms with Gasteiger partial charge in [-0.25, -0.2) is 0 Å². The molecule has 0 fully saturated rings. The lowest BCUT2D eigenvalue weighted by atomic mass is 10.1. The minimum Gasteiger partial charge on any atom is -0.462 e. The first-order valence-electron chi connectivity index (χ1n) is 23.9. The molecule has 6 heteroatoms. The molecule has 0 radical (unpaired) electrons. The maximum Gasteiger partial charge on any atom is 0.309 e. The van der Waals surface area contributed by atoms with Crippen LogP contribution < -0.4 is 0 Å². The number of ether oxygens (including phenoxy) is 3. The van der Waals surface area contributed by atoms with Crippen molar-refractivity contribution in [2.24, 2.45) is 0 Å². The van der Waals surface area contributed by atoms with E-state index in [4.69, 9.17) is 14.2 Å². The smallest absolute Gasteiger partial charge is 0.309 e. The maximum atomic E-state index is 12.7. The van der Waals surface area contributed by atoms with Crippen LogP contribution in [0.5, 0.6) is 0 Å². The lowest BCUT2D eigenvalue weighted by Gasteiger charge is -2.18. The van der Waals surface area contributed by atoms with Gasteiger partial charge in [-0.1, -0.05) is 182 Å². The fourth-order valence-corrected chi connectivity index (χ4v) is 5.99. The number of unbranched alkanes of at least 4 members (excludes halogenated alkanes) is 13. The van der Waals surface area contributed by atoms with E-state index in [0.717, 1.165) is 109 Å². The van der Waals surface area contributed by atoms with Crippen LogP contribution in [-0.4, -0.2) is 37.2 Å². The summed E-state index contributed by atoms with van der Waals surface area (Å²) < 4.78 is 16.6. The van der Waals surface area contributed by atoms with Crippen molar-refractivity contribution in [3.05, 3.63) is 109 Å². The number of carbonyl (C=O) groups is 3. The number of carbonyl (C=O) groups excluding carboxylic acids is 3. The molecule has 1 atom stereocenters. The summed E-state index contributed by atoms with van der Waals surface area (Å²) in [5.74, 6) is -1.11. The lowest BCUT2D eigenvalue weighted by molar-refractivity contribution is -0.166. The first-order chi connectivity index (χ1) is 29.5. The molecule has 0 rings (SSSR count). The van der Waals surface area contributed by atoms with Gasteiger partial charge in [0.05, 0.1) is 6.42 Å². The van der Waals surface area contributed by atoms with Gasteiger partial charge in [-0.2, -0.15) is 0 Å². The van der Waals surface area contributed by atoms with E-state index in [1.54, 1.807) is 6.08 Å². The second-order valence-electron chi connectivity index (χ2n) is 15.3. The normalized spacial score (nSPS) is 13.1. The van der Waals surface area contributed by atoms with Crippen molar-refractivity contribution in [3.63, 3.8) is 0 Å². The Bertz CT molecular complexity index is 1280. The van der Waals surface area contributed by atoms with Crippen molar-refractivity contribution in [2.45, 2.75) is 200 Å². The van der Waals surface area contributed by atoms with Gasteiger partial charge < -0.3 is 14.2 Å². The van der Waals surface area contributed by atoms with E-state index in [-0.39, 0.29) is 38.0 Å². The van der Waals surface area contributed by atoms with Crippen molar-refractivity contribution in [1.82, 2.24) is 0 Å². The van der Waals surface area contributed by atoms with Gasteiger partial charge in [0.15, 0.2) is 6.10 Å². The number of hydrogen-bond donors (Lipinski definition) is 0. The number of hydrogen-bond acceptors (Lipinski definition) is 6. The Balaban J connectivity index is 4.49. The molecule has 0 spiro atoms. The van der Waals surface area contributed by atoms with Gasteiger partial charge in [0.25, 0.3) is 0 Å². The van der Waals surface area contributed by atoms with Crippen LogP contribution in [0, 0.1) is 0 Å². The third kappa shape index (κ3) is 45.2. The van der Waals surface area contributed by atoms with Gasteiger partial charge >= 0.3 is 17.9 Å². The number of esters is 3. The Morgan fingerprint density at radius 1 is 0.367 bits per heavy atom. The van der Waals surface area contributed by atoms with Crippen molar-refractivity contribution in [2.75, 3.05) is 13.2 Å². The van der Waals surface area contributed by atoms with E-state index < -0.39 is 12.1 Å². The van der Waals surface area contributed by atoms with Crippen LogP contribution in [0.4, 0.5) is 0 Å². The highest BCUT2D eigenvalue weighted by atomic mass is 16.6. The molecule has 60 heavy (non-hydrogen) atoms. The van der Waals surface area contributed by atoms with Crippen LogP contribution in [-0.2, 0) is 28.6 Å². The molecule has 0 aliphatic carbocycles. The van der Waals surface area contributed by atoms with Crippen LogP contribution in [0.1, 0.15) is 194 Å². The van der Waals surface area contributed by atoms with Gasteiger partial charge in [0.2, 0.25) is 0 Å². The summed E-state index contributed by atoms with van der Waals surface area (Å²) in [4.78, 5) is 37.7. The molecule has 0 amide bonds. The van der Waals surface area contributed by atoms with E-state index in [2.05, 4.69) is 118 Å². The molecule has 0 N–H and O–H groups in total. The highest BCUT2D eigenvalue weighted by Crippen LogP contribution is 2.12. The Kier molecular flexibility index (Phi) is 44.6. The first kappa shape index (κ1) is 56.1. The highest BCUT2D eigenvalue weighted by molar-refractivity contribution is 5.72. The van der Waals surface area contributed by atoms with E-state index in [9.17, 15) is 14.4 Å². The predicted molar refractivity (Wildman–Crippen MR) is 256 cm³/mol. The van der Waals surface area contributed by atoms with Crippen LogP contribution >= 0.6 is 0 Å². The number of allylic oxidation sites excluding steroid dienone is 17. The second-order valence-corrected chi connectivity index (χ2v) is 15.3. The second kappa shape index (κ2) is 47.7. The van der Waals surface area contributed by atoms with Crippen LogP contribution in [0.15, 0.2) is 109 Å². The third-order valence-corrected chi connectivity index (χ3v) is 9.53. The monoisotopic (exact) mass is 831 g/mol. The van der Waals surface area contributed by atoms with Crippen molar-refractivity contribution < 1.29 is 28.6 Å². The summed E-state index contributed by atoms with van der Waals surface area (Å²) in [7, 11) is 0. The summed E-state index contributed by atoms with van der Waals surface area (Å²) >= 11 is 0. The Morgan fingerprint density at radius 3 is 1.18 bits per heavy atom. The van der Waals surface area contributed by atoms with Crippen LogP contribution in [0.25, 0.3) is 0 Å². The average molecular weight is 831 g/mol. The molecular weight excluding hydrogens is 745 g/mol. The zero-order chi connectivity index (χ0) is 43.7. The molecule has 0 aliphatic heterocycles. The van der Waals surface area contributed by atoms with Gasteiger partial charge in [0.1, 0.15) is 13.2 Å². The summed E-state index contributed by atoms with van der Waals surface area (Å²) in [5.41, 5.74) is 0. The van der Waals surface area contributed by atoms with E-state index in [1.807, 2.05) is 6.08 Å². The van der Waals surface area contributed by atoms with Gasteiger partial charge in [0, 0.05) is 12.8 Å². The topological polar surface area (TPSA) is 78.9 Å². The summed E-state index contributed by atoms with van der Waals surface area (Å²) in [6.07, 6.45) is 64.0. The molecule has 338 valence electrons. The van der Waals surface area contributed by atoms with Gasteiger partial charge in [-0.3, -0.25) is 14.4 Å². The van der Waals surface area contributed by atoms with Crippen LogP contribution in [0.3, 0.4) is 0 Å². The molecular formula is C54H86O6. The first-order valence-corrected chi connectivity index (χ1v) is 23.9. The molecule has 0 aliphatic rings. The molecule has 0 saturated heterocycles. The standard InChI is InChI=1S/C54H86O6/c1-4-7-10-13-16-19-21-23-25-26-27-28-29-31-32-35-38-41-44-47-53(56)59-50-51(49-58-52(55)46-43-40-37-34-18-15-12-9-6-3)60-54(57)48-45-42-39-36-33-30-24-22-20-17-14-11-8-5-2/h7,9-10,12,16,18-19,23,25,27-28,30-34,40,43,51H,4-6,8,11,13-15,17,20-22,24,26,29,35-39,41-42,44-50H2,1-3H3/b10-7-,12-9-,19-16-,25-23-,28-27-,32-31-,33-30-,34-18-,43-40-. The Hall–Kier alpha value is -3.93. The number of rotatable bonds is 41. The van der Waals surface area contributed by atoms with Gasteiger partial charge in [-0.15, -0.1) is 0 Å². The minimum atomic E-state index is -0.835. The molecule has 1 unspecified atom stereocenters. The van der Waals surface area contributed by atoms with E-state index >= 15 is 0 Å². The van der Waals surface area contributed by atoms with E-state index in [0.29, 0.717) is 6.42 Å². The fourth-order valence-electron chi connectivity index (χ4n) is 5.99. The molecule has 0 aromatic heterocycles. The molecule has 0 aromatic carbocycles. The summed E-state index contributed by atoms with van der Waals surface area (Å²) in [6.45, 7) is 6.23. The molecule has 6 nitrogen and oxygen atoms in total. The SMILES string of the molecule is CC/C=C\C/C=C\C/C=C\C/C=C\C/C=C\CCCCCC(=O)OCC(COC(=O)C/C=C\C/C=C\C/C=C\CC)OC(=O)CCCCC/C=C\CCCCCCCCC. The maximum absolute atomic E-state index is 12.7. The largest absolute Gasteiger partial charge is 0.462 e. The minimum absolute atomic E-state index is 0.122.